The van der Waals surface area contributed by atoms with Gasteiger partial charge in [-0.25, -0.2) is 9.97 Å². The molecule has 1 amide bonds. The lowest BCUT2D eigenvalue weighted by Gasteiger charge is -2.13. The van der Waals surface area contributed by atoms with Gasteiger partial charge in [0.1, 0.15) is 11.5 Å². The number of ether oxygens (including phenoxy) is 1. The van der Waals surface area contributed by atoms with Crippen LogP contribution in [0.25, 0.3) is 28.9 Å². The van der Waals surface area contributed by atoms with Crippen LogP contribution in [0.1, 0.15) is 21.6 Å². The average Bonchev–Trinajstić information content (AvgIpc) is 3.26. The van der Waals surface area contributed by atoms with Crippen LogP contribution in [0.3, 0.4) is 0 Å². The monoisotopic (exact) mass is 408 g/mol. The molecule has 2 aromatic carbocycles. The van der Waals surface area contributed by atoms with Gasteiger partial charge < -0.3 is 15.0 Å². The fourth-order valence-electron chi connectivity index (χ4n) is 3.72. The van der Waals surface area contributed by atoms with Crippen molar-refractivity contribution in [1.29, 1.82) is 0 Å². The minimum absolute atomic E-state index is 0.0615. The van der Waals surface area contributed by atoms with Crippen molar-refractivity contribution in [2.24, 2.45) is 0 Å². The first-order chi connectivity index (χ1) is 15.2. The number of para-hydroxylation sites is 1. The average molecular weight is 408 g/mol. The summed E-state index contributed by atoms with van der Waals surface area (Å²) < 4.78 is 6.14. The molecule has 0 bridgehead atoms. The summed E-state index contributed by atoms with van der Waals surface area (Å²) >= 11 is 0. The maximum absolute atomic E-state index is 12.1. The van der Waals surface area contributed by atoms with E-state index in [2.05, 4.69) is 21.9 Å². The first kappa shape index (κ1) is 18.8. The zero-order valence-corrected chi connectivity index (χ0v) is 16.8. The highest BCUT2D eigenvalue weighted by molar-refractivity contribution is 5.97. The predicted molar refractivity (Wildman–Crippen MR) is 120 cm³/mol. The van der Waals surface area contributed by atoms with Crippen molar-refractivity contribution in [2.45, 2.75) is 6.42 Å². The molecule has 0 spiro atoms. The molecular weight excluding hydrogens is 388 g/mol. The standard InChI is InChI=1S/C25H20N4O2/c1-2-16-7-6-10-22(31-17-8-4-3-5-9-17)23(16)24-26-13-12-20(29-24)21-15-18-19(28-21)11-14-27-25(18)30/h2-10,12-13,15,28H,1,11,14H2,(H,27,30). The van der Waals surface area contributed by atoms with Crippen LogP contribution in [-0.4, -0.2) is 27.4 Å². The summed E-state index contributed by atoms with van der Waals surface area (Å²) in [5.41, 5.74) is 4.72. The summed E-state index contributed by atoms with van der Waals surface area (Å²) in [5.74, 6) is 1.83. The van der Waals surface area contributed by atoms with Crippen molar-refractivity contribution in [3.63, 3.8) is 0 Å². The number of amides is 1. The fraction of sp³-hybridized carbons (Fsp3) is 0.0800. The third kappa shape index (κ3) is 3.59. The van der Waals surface area contributed by atoms with Crippen LogP contribution in [0.15, 0.2) is 73.4 Å². The number of hydrogen-bond donors (Lipinski definition) is 2. The van der Waals surface area contributed by atoms with Gasteiger partial charge in [-0.1, -0.05) is 43.0 Å². The van der Waals surface area contributed by atoms with Crippen molar-refractivity contribution in [2.75, 3.05) is 6.54 Å². The van der Waals surface area contributed by atoms with E-state index in [4.69, 9.17) is 9.72 Å². The minimum atomic E-state index is -0.0615. The first-order valence-corrected chi connectivity index (χ1v) is 10.0. The Morgan fingerprint density at radius 1 is 1.06 bits per heavy atom. The number of carbonyl (C=O) groups is 1. The number of H-pyrrole nitrogens is 1. The summed E-state index contributed by atoms with van der Waals surface area (Å²) in [6.07, 6.45) is 4.25. The lowest BCUT2D eigenvalue weighted by molar-refractivity contribution is 0.0946. The molecule has 6 heteroatoms. The van der Waals surface area contributed by atoms with Crippen molar-refractivity contribution in [1.82, 2.24) is 20.3 Å². The van der Waals surface area contributed by atoms with Gasteiger partial charge in [0.05, 0.1) is 22.5 Å². The van der Waals surface area contributed by atoms with Gasteiger partial charge in [0, 0.05) is 24.9 Å². The van der Waals surface area contributed by atoms with Gasteiger partial charge in [-0.15, -0.1) is 0 Å². The summed E-state index contributed by atoms with van der Waals surface area (Å²) in [4.78, 5) is 24.8. The molecule has 2 aromatic heterocycles. The van der Waals surface area contributed by atoms with Gasteiger partial charge in [0.2, 0.25) is 0 Å². The van der Waals surface area contributed by atoms with Gasteiger partial charge in [-0.3, -0.25) is 4.79 Å². The number of carbonyl (C=O) groups excluding carboxylic acids is 1. The lowest BCUT2D eigenvalue weighted by Crippen LogP contribution is -2.31. The molecule has 3 heterocycles. The Labute approximate surface area is 179 Å². The van der Waals surface area contributed by atoms with E-state index in [1.54, 1.807) is 12.3 Å². The molecule has 2 N–H and O–H groups in total. The Morgan fingerprint density at radius 3 is 2.74 bits per heavy atom. The Bertz CT molecular complexity index is 1280. The number of nitrogens with one attached hydrogen (secondary N) is 2. The second-order valence-electron chi connectivity index (χ2n) is 7.19. The largest absolute Gasteiger partial charge is 0.457 e. The number of nitrogens with zero attached hydrogens (tertiary/aromatic N) is 2. The molecule has 31 heavy (non-hydrogen) atoms. The molecule has 5 rings (SSSR count). The molecule has 6 nitrogen and oxygen atoms in total. The fourth-order valence-corrected chi connectivity index (χ4v) is 3.72. The van der Waals surface area contributed by atoms with E-state index < -0.39 is 0 Å². The van der Waals surface area contributed by atoms with Crippen LogP contribution in [0.2, 0.25) is 0 Å². The van der Waals surface area contributed by atoms with E-state index in [1.807, 2.05) is 60.7 Å². The molecule has 0 radical (unpaired) electrons. The zero-order valence-electron chi connectivity index (χ0n) is 16.8. The van der Waals surface area contributed by atoms with E-state index in [-0.39, 0.29) is 5.91 Å². The van der Waals surface area contributed by atoms with Crippen molar-refractivity contribution in [3.8, 4) is 34.3 Å². The Morgan fingerprint density at radius 2 is 1.94 bits per heavy atom. The van der Waals surface area contributed by atoms with E-state index in [9.17, 15) is 4.79 Å². The molecule has 0 aliphatic carbocycles. The molecule has 0 saturated carbocycles. The highest BCUT2D eigenvalue weighted by Crippen LogP contribution is 2.36. The minimum Gasteiger partial charge on any atom is -0.457 e. The maximum atomic E-state index is 12.1. The van der Waals surface area contributed by atoms with Gasteiger partial charge in [0.15, 0.2) is 5.82 Å². The molecule has 152 valence electrons. The molecule has 1 aliphatic rings. The normalized spacial score (nSPS) is 12.7. The third-order valence-electron chi connectivity index (χ3n) is 5.21. The highest BCUT2D eigenvalue weighted by Gasteiger charge is 2.21. The summed E-state index contributed by atoms with van der Waals surface area (Å²) in [6.45, 7) is 4.57. The van der Waals surface area contributed by atoms with Gasteiger partial charge in [0.25, 0.3) is 5.91 Å². The van der Waals surface area contributed by atoms with Crippen LogP contribution in [0, 0.1) is 0 Å². The van der Waals surface area contributed by atoms with E-state index in [0.29, 0.717) is 29.4 Å². The molecular formula is C25H20N4O2. The zero-order chi connectivity index (χ0) is 21.2. The van der Waals surface area contributed by atoms with Crippen molar-refractivity contribution in [3.05, 3.63) is 90.3 Å². The highest BCUT2D eigenvalue weighted by atomic mass is 16.5. The van der Waals surface area contributed by atoms with Gasteiger partial charge >= 0.3 is 0 Å². The number of aromatic amines is 1. The number of aromatic nitrogens is 3. The molecule has 0 atom stereocenters. The van der Waals surface area contributed by atoms with Crippen molar-refractivity contribution >= 4 is 12.0 Å². The number of rotatable bonds is 5. The smallest absolute Gasteiger partial charge is 0.253 e. The number of hydrogen-bond acceptors (Lipinski definition) is 4. The van der Waals surface area contributed by atoms with Crippen LogP contribution in [0.5, 0.6) is 11.5 Å². The van der Waals surface area contributed by atoms with Crippen molar-refractivity contribution < 1.29 is 9.53 Å². The Kier molecular flexibility index (Phi) is 4.80. The van der Waals surface area contributed by atoms with Gasteiger partial charge in [-0.05, 0) is 35.9 Å². The summed E-state index contributed by atoms with van der Waals surface area (Å²) in [5, 5.41) is 2.87. The van der Waals surface area contributed by atoms with Crippen LogP contribution in [0.4, 0.5) is 0 Å². The van der Waals surface area contributed by atoms with E-state index >= 15 is 0 Å². The number of benzene rings is 2. The molecule has 0 unspecified atom stereocenters. The van der Waals surface area contributed by atoms with Crippen LogP contribution >= 0.6 is 0 Å². The van der Waals surface area contributed by atoms with Crippen LogP contribution in [-0.2, 0) is 6.42 Å². The predicted octanol–water partition coefficient (Wildman–Crippen LogP) is 4.86. The second kappa shape index (κ2) is 7.91. The first-order valence-electron chi connectivity index (χ1n) is 10.0. The van der Waals surface area contributed by atoms with E-state index in [0.717, 1.165) is 34.7 Å². The molecule has 0 fully saturated rings. The van der Waals surface area contributed by atoms with E-state index in [1.165, 1.54) is 0 Å². The molecule has 4 aromatic rings. The third-order valence-corrected chi connectivity index (χ3v) is 5.21. The lowest BCUT2D eigenvalue weighted by atomic mass is 10.1. The van der Waals surface area contributed by atoms with Crippen LogP contribution < -0.4 is 10.1 Å². The maximum Gasteiger partial charge on any atom is 0.253 e. The van der Waals surface area contributed by atoms with Gasteiger partial charge in [-0.2, -0.15) is 0 Å². The molecule has 0 saturated heterocycles. The summed E-state index contributed by atoms with van der Waals surface area (Å²) in [7, 11) is 0. The topological polar surface area (TPSA) is 79.9 Å². The summed E-state index contributed by atoms with van der Waals surface area (Å²) in [6, 6.07) is 19.0. The quantitative estimate of drug-likeness (QED) is 0.494. The SMILES string of the molecule is C=Cc1cccc(Oc2ccccc2)c1-c1nccc(-c2cc3c([nH]2)CCNC3=O)n1. The Hall–Kier alpha value is -4.19. The number of fused-ring (bicyclic) bond motifs is 1. The second-order valence-corrected chi connectivity index (χ2v) is 7.19. The Balaban J connectivity index is 1.59. The molecule has 1 aliphatic heterocycles.